The maximum Gasteiger partial charge on any atom is 0.416 e. The lowest BCUT2D eigenvalue weighted by Gasteiger charge is -2.24. The smallest absolute Gasteiger partial charge is 0.376 e. The Morgan fingerprint density at radius 1 is 1.09 bits per heavy atom. The van der Waals surface area contributed by atoms with Crippen LogP contribution in [-0.4, -0.2) is 30.1 Å². The van der Waals surface area contributed by atoms with E-state index in [1.807, 2.05) is 0 Å². The second kappa shape index (κ2) is 8.56. The van der Waals surface area contributed by atoms with Gasteiger partial charge in [-0.2, -0.15) is 26.3 Å². The van der Waals surface area contributed by atoms with Crippen molar-refractivity contribution in [2.45, 2.75) is 31.3 Å². The zero-order valence-corrected chi connectivity index (χ0v) is 17.5. The predicted octanol–water partition coefficient (Wildman–Crippen LogP) is 6.30. The molecule has 4 nitrogen and oxygen atoms in total. The molecule has 12 heteroatoms. The summed E-state index contributed by atoms with van der Waals surface area (Å²) in [4.78, 5) is 18.3. The van der Waals surface area contributed by atoms with Crippen LogP contribution in [-0.2, 0) is 17.1 Å². The summed E-state index contributed by atoms with van der Waals surface area (Å²) >= 11 is 0.899. The summed E-state index contributed by atoms with van der Waals surface area (Å²) in [5, 5.41) is -0.0541. The molecule has 4 rings (SSSR count). The van der Waals surface area contributed by atoms with Crippen LogP contribution in [0.1, 0.15) is 34.3 Å². The number of ether oxygens (including phenoxy) is 1. The summed E-state index contributed by atoms with van der Waals surface area (Å²) in [5.74, 6) is -1.79. The number of benzene rings is 2. The lowest BCUT2D eigenvalue weighted by Crippen LogP contribution is -2.37. The topological polar surface area (TPSA) is 42.4 Å². The number of nitrogens with zero attached hydrogens (tertiary/aromatic N) is 2. The van der Waals surface area contributed by atoms with Crippen LogP contribution in [0.15, 0.2) is 36.4 Å². The third-order valence-corrected chi connectivity index (χ3v) is 6.12. The number of carbonyl (C=O) groups excluding carboxylic acids is 1. The highest BCUT2D eigenvalue weighted by Crippen LogP contribution is 2.38. The molecule has 1 fully saturated rings. The molecule has 176 valence electrons. The molecule has 0 radical (unpaired) electrons. The van der Waals surface area contributed by atoms with Crippen LogP contribution in [0.2, 0.25) is 0 Å². The Morgan fingerprint density at radius 2 is 1.76 bits per heavy atom. The monoisotopic (exact) mass is 492 g/mol. The third kappa shape index (κ3) is 4.96. The van der Waals surface area contributed by atoms with E-state index in [2.05, 4.69) is 4.98 Å². The van der Waals surface area contributed by atoms with Crippen molar-refractivity contribution in [3.8, 4) is 0 Å². The molecule has 2 aromatic carbocycles. The fourth-order valence-corrected chi connectivity index (χ4v) is 4.48. The maximum absolute atomic E-state index is 14.1. The summed E-state index contributed by atoms with van der Waals surface area (Å²) in [7, 11) is 0. The number of rotatable bonds is 4. The second-order valence-electron chi connectivity index (χ2n) is 7.43. The number of amides is 1. The molecular weight excluding hydrogens is 477 g/mol. The average Bonchev–Trinajstić information content (AvgIpc) is 3.40. The summed E-state index contributed by atoms with van der Waals surface area (Å²) in [5.41, 5.74) is -4.07. The number of anilines is 1. The SMILES string of the molecule is O=C(c1cc(C(F)(F)F)cc(C(F)(F)F)c1)N(CC1CCCO1)c1nc2c(F)cccc2s1. The number of aromatic nitrogens is 1. The van der Waals surface area contributed by atoms with Gasteiger partial charge in [-0.25, -0.2) is 9.37 Å². The van der Waals surface area contributed by atoms with Gasteiger partial charge in [0.1, 0.15) is 11.3 Å². The van der Waals surface area contributed by atoms with E-state index < -0.39 is 46.9 Å². The Bertz CT molecular complexity index is 1150. The Morgan fingerprint density at radius 3 is 2.30 bits per heavy atom. The van der Waals surface area contributed by atoms with Crippen molar-refractivity contribution in [3.05, 3.63) is 58.9 Å². The molecule has 1 saturated heterocycles. The normalized spacial score (nSPS) is 17.0. The number of alkyl halides is 6. The van der Waals surface area contributed by atoms with Crippen molar-refractivity contribution in [2.24, 2.45) is 0 Å². The average molecular weight is 492 g/mol. The third-order valence-electron chi connectivity index (χ3n) is 5.08. The molecule has 0 saturated carbocycles. The molecular formula is C21H15F7N2O2S. The van der Waals surface area contributed by atoms with Crippen molar-refractivity contribution in [3.63, 3.8) is 0 Å². The summed E-state index contributed by atoms with van der Waals surface area (Å²) in [6.45, 7) is 0.251. The van der Waals surface area contributed by atoms with Gasteiger partial charge in [-0.1, -0.05) is 17.4 Å². The molecule has 33 heavy (non-hydrogen) atoms. The van der Waals surface area contributed by atoms with Gasteiger partial charge in [0.05, 0.1) is 28.5 Å². The van der Waals surface area contributed by atoms with Crippen LogP contribution < -0.4 is 4.90 Å². The van der Waals surface area contributed by atoms with E-state index in [0.717, 1.165) is 22.3 Å². The molecule has 1 aliphatic heterocycles. The fraction of sp³-hybridized carbons (Fsp3) is 0.333. The highest BCUT2D eigenvalue weighted by atomic mass is 32.1. The first kappa shape index (κ1) is 23.4. The zero-order chi connectivity index (χ0) is 24.0. The van der Waals surface area contributed by atoms with E-state index in [4.69, 9.17) is 4.74 Å². The van der Waals surface area contributed by atoms with Crippen molar-refractivity contribution in [2.75, 3.05) is 18.1 Å². The highest BCUT2D eigenvalue weighted by Gasteiger charge is 2.38. The second-order valence-corrected chi connectivity index (χ2v) is 8.44. The molecule has 1 aliphatic rings. The Hall–Kier alpha value is -2.73. The standard InChI is InChI=1S/C21H15F7N2O2S/c22-15-4-1-5-16-17(15)29-19(33-16)30(10-14-3-2-6-32-14)18(31)11-7-12(20(23,24)25)9-13(8-11)21(26,27)28/h1,4-5,7-9,14H,2-3,6,10H2. The summed E-state index contributed by atoms with van der Waals surface area (Å²) < 4.78 is 99.6. The van der Waals surface area contributed by atoms with Crippen LogP contribution in [0, 0.1) is 5.82 Å². The van der Waals surface area contributed by atoms with Crippen molar-refractivity contribution < 1.29 is 40.3 Å². The van der Waals surface area contributed by atoms with Gasteiger partial charge in [-0.15, -0.1) is 0 Å². The minimum atomic E-state index is -5.10. The van der Waals surface area contributed by atoms with Gasteiger partial charge < -0.3 is 4.74 Å². The molecule has 1 aromatic heterocycles. The molecule has 1 atom stereocenters. The fourth-order valence-electron chi connectivity index (χ4n) is 3.49. The van der Waals surface area contributed by atoms with E-state index in [0.29, 0.717) is 36.3 Å². The van der Waals surface area contributed by atoms with Crippen LogP contribution in [0.3, 0.4) is 0 Å². The maximum atomic E-state index is 14.1. The first-order chi connectivity index (χ1) is 15.4. The van der Waals surface area contributed by atoms with Gasteiger partial charge in [-0.3, -0.25) is 9.69 Å². The van der Waals surface area contributed by atoms with E-state index in [1.165, 1.54) is 6.07 Å². The van der Waals surface area contributed by atoms with Gasteiger partial charge in [-0.05, 0) is 43.2 Å². The number of fused-ring (bicyclic) bond motifs is 1. The highest BCUT2D eigenvalue weighted by molar-refractivity contribution is 7.22. The number of thiazole rings is 1. The van der Waals surface area contributed by atoms with E-state index in [9.17, 15) is 35.5 Å². The first-order valence-electron chi connectivity index (χ1n) is 9.71. The van der Waals surface area contributed by atoms with E-state index >= 15 is 0 Å². The minimum absolute atomic E-state index is 0.0474. The quantitative estimate of drug-likeness (QED) is 0.402. The molecule has 2 heterocycles. The number of carbonyl (C=O) groups is 1. The van der Waals surface area contributed by atoms with Gasteiger partial charge in [0.2, 0.25) is 0 Å². The number of hydrogen-bond acceptors (Lipinski definition) is 4. The molecule has 0 spiro atoms. The lowest BCUT2D eigenvalue weighted by molar-refractivity contribution is -0.143. The van der Waals surface area contributed by atoms with E-state index in [1.54, 1.807) is 6.07 Å². The molecule has 0 bridgehead atoms. The first-order valence-corrected chi connectivity index (χ1v) is 10.5. The van der Waals surface area contributed by atoms with Crippen LogP contribution >= 0.6 is 11.3 Å². The van der Waals surface area contributed by atoms with Crippen LogP contribution in [0.5, 0.6) is 0 Å². The molecule has 1 amide bonds. The zero-order valence-electron chi connectivity index (χ0n) is 16.6. The Kier molecular flexibility index (Phi) is 6.08. The number of para-hydroxylation sites is 1. The number of halogens is 7. The molecule has 0 N–H and O–H groups in total. The number of hydrogen-bond donors (Lipinski definition) is 0. The van der Waals surface area contributed by atoms with Crippen molar-refractivity contribution in [1.82, 2.24) is 4.98 Å². The molecule has 1 unspecified atom stereocenters. The largest absolute Gasteiger partial charge is 0.416 e. The van der Waals surface area contributed by atoms with Gasteiger partial charge >= 0.3 is 12.4 Å². The van der Waals surface area contributed by atoms with Crippen molar-refractivity contribution >= 4 is 32.6 Å². The van der Waals surface area contributed by atoms with E-state index in [-0.39, 0.29) is 23.3 Å². The van der Waals surface area contributed by atoms with Crippen LogP contribution in [0.25, 0.3) is 10.2 Å². The van der Waals surface area contributed by atoms with Gasteiger partial charge in [0, 0.05) is 12.2 Å². The van der Waals surface area contributed by atoms with Gasteiger partial charge in [0.15, 0.2) is 5.13 Å². The summed E-state index contributed by atoms with van der Waals surface area (Å²) in [6.07, 6.45) is -9.47. The summed E-state index contributed by atoms with van der Waals surface area (Å²) in [6, 6.07) is 4.81. The molecule has 3 aromatic rings. The Balaban J connectivity index is 1.81. The minimum Gasteiger partial charge on any atom is -0.376 e. The van der Waals surface area contributed by atoms with Gasteiger partial charge in [0.25, 0.3) is 5.91 Å². The predicted molar refractivity (Wildman–Crippen MR) is 107 cm³/mol. The Labute approximate surface area is 186 Å². The van der Waals surface area contributed by atoms with Crippen LogP contribution in [0.4, 0.5) is 35.9 Å². The van der Waals surface area contributed by atoms with Crippen molar-refractivity contribution in [1.29, 1.82) is 0 Å². The lowest BCUT2D eigenvalue weighted by atomic mass is 10.0. The molecule has 0 aliphatic carbocycles.